The second-order valence-electron chi connectivity index (χ2n) is 9.01. The van der Waals surface area contributed by atoms with Crippen LogP contribution in [0, 0.1) is 5.41 Å². The van der Waals surface area contributed by atoms with Crippen molar-refractivity contribution in [2.75, 3.05) is 12.3 Å². The van der Waals surface area contributed by atoms with E-state index >= 15 is 0 Å². The van der Waals surface area contributed by atoms with Gasteiger partial charge in [-0.05, 0) is 19.1 Å². The molecule has 4 aliphatic rings. The van der Waals surface area contributed by atoms with E-state index in [0.717, 1.165) is 0 Å². The van der Waals surface area contributed by atoms with Gasteiger partial charge < -0.3 is 30.2 Å². The summed E-state index contributed by atoms with van der Waals surface area (Å²) in [5.74, 6) is 0.214. The molecule has 2 bridgehead atoms. The summed E-state index contributed by atoms with van der Waals surface area (Å²) in [6.07, 6.45) is -8.97. The van der Waals surface area contributed by atoms with Crippen molar-refractivity contribution < 1.29 is 42.4 Å². The molecule has 1 saturated heterocycles. The lowest BCUT2D eigenvalue weighted by Crippen LogP contribution is -2.74. The number of hydrogen-bond acceptors (Lipinski definition) is 9. The third-order valence-electron chi connectivity index (χ3n) is 6.90. The average Bonchev–Trinajstić information content (AvgIpc) is 3.18. The third kappa shape index (κ3) is 2.80. The highest BCUT2D eigenvalue weighted by atomic mass is 19.4. The summed E-state index contributed by atoms with van der Waals surface area (Å²) in [6.45, 7) is 1.07. The second kappa shape index (κ2) is 6.45. The highest BCUT2D eigenvalue weighted by Gasteiger charge is 2.81. The molecular formula is C19H21F3N4O6. The number of aliphatic hydroxyl groups is 2. The third-order valence-corrected chi connectivity index (χ3v) is 6.90. The van der Waals surface area contributed by atoms with Gasteiger partial charge in [0, 0.05) is 19.3 Å². The molecule has 32 heavy (non-hydrogen) atoms. The lowest BCUT2D eigenvalue weighted by atomic mass is 9.40. The van der Waals surface area contributed by atoms with Gasteiger partial charge in [0.25, 0.3) is 0 Å². The number of alkyl halides is 3. The molecule has 3 aliphatic carbocycles. The van der Waals surface area contributed by atoms with Crippen LogP contribution in [0.1, 0.15) is 31.9 Å². The van der Waals surface area contributed by atoms with Crippen molar-refractivity contribution in [3.63, 3.8) is 0 Å². The first kappa shape index (κ1) is 21.2. The van der Waals surface area contributed by atoms with E-state index in [1.54, 1.807) is 12.1 Å². The fourth-order valence-electron chi connectivity index (χ4n) is 5.12. The molecule has 4 N–H and O–H groups in total. The Hall–Kier alpha value is -2.64. The predicted molar refractivity (Wildman–Crippen MR) is 99.1 cm³/mol. The quantitative estimate of drug-likeness (QED) is 0.578. The van der Waals surface area contributed by atoms with E-state index in [1.165, 1.54) is 17.8 Å². The number of carbonyl (C=O) groups excluding carboxylic acids is 1. The van der Waals surface area contributed by atoms with Crippen LogP contribution in [0.5, 0.6) is 0 Å². The minimum absolute atomic E-state index is 0.214. The van der Waals surface area contributed by atoms with E-state index in [1.807, 2.05) is 0 Å². The number of nitrogens with zero attached hydrogens (tertiary/aromatic N) is 3. The van der Waals surface area contributed by atoms with Gasteiger partial charge in [0.2, 0.25) is 0 Å². The maximum absolute atomic E-state index is 12.9. The Labute approximate surface area is 179 Å². The number of nitrogen functional groups attached to an aromatic ring is 1. The maximum Gasteiger partial charge on any atom is 0.508 e. The number of ether oxygens (including phenoxy) is 3. The molecular weight excluding hydrogens is 437 g/mol. The molecule has 2 aromatic heterocycles. The van der Waals surface area contributed by atoms with Crippen LogP contribution in [0.25, 0.3) is 5.52 Å². The van der Waals surface area contributed by atoms with Gasteiger partial charge in [-0.2, -0.15) is 18.3 Å². The van der Waals surface area contributed by atoms with Crippen molar-refractivity contribution in [1.82, 2.24) is 14.6 Å². The highest BCUT2D eigenvalue weighted by Crippen LogP contribution is 2.74. The van der Waals surface area contributed by atoms with Crippen LogP contribution >= 0.6 is 0 Å². The molecule has 3 heterocycles. The van der Waals surface area contributed by atoms with Gasteiger partial charge in [-0.15, -0.1) is 0 Å². The smallest absolute Gasteiger partial charge is 0.431 e. The Balaban J connectivity index is 1.23. The number of nitrogens with two attached hydrogens (primary N) is 1. The largest absolute Gasteiger partial charge is 0.508 e. The van der Waals surface area contributed by atoms with Crippen LogP contribution in [0.3, 0.4) is 0 Å². The lowest BCUT2D eigenvalue weighted by molar-refractivity contribution is -0.381. The number of halogens is 3. The van der Waals surface area contributed by atoms with Crippen molar-refractivity contribution in [2.24, 2.45) is 5.41 Å². The van der Waals surface area contributed by atoms with Crippen molar-refractivity contribution in [2.45, 2.75) is 61.9 Å². The predicted octanol–water partition coefficient (Wildman–Crippen LogP) is 1.29. The molecule has 10 nitrogen and oxygen atoms in total. The van der Waals surface area contributed by atoms with E-state index in [0.29, 0.717) is 11.2 Å². The summed E-state index contributed by atoms with van der Waals surface area (Å²) < 4.78 is 56.1. The molecule has 13 heteroatoms. The van der Waals surface area contributed by atoms with E-state index in [4.69, 9.17) is 19.9 Å². The van der Waals surface area contributed by atoms with E-state index in [2.05, 4.69) is 10.1 Å². The minimum Gasteiger partial charge on any atom is -0.431 e. The van der Waals surface area contributed by atoms with Crippen LogP contribution in [0.2, 0.25) is 0 Å². The molecule has 0 radical (unpaired) electrons. The number of fused-ring (bicyclic) bond motifs is 1. The molecule has 0 amide bonds. The summed E-state index contributed by atoms with van der Waals surface area (Å²) in [6, 6.07) is 3.25. The van der Waals surface area contributed by atoms with Crippen molar-refractivity contribution in [1.29, 1.82) is 0 Å². The highest BCUT2D eigenvalue weighted by molar-refractivity contribution is 5.65. The van der Waals surface area contributed by atoms with Crippen LogP contribution in [-0.4, -0.2) is 67.7 Å². The maximum atomic E-state index is 12.9. The molecule has 4 atom stereocenters. The Morgan fingerprint density at radius 2 is 2.03 bits per heavy atom. The number of aliphatic hydroxyl groups excluding tert-OH is 2. The van der Waals surface area contributed by atoms with Crippen LogP contribution in [-0.2, 0) is 19.8 Å². The molecule has 174 valence electrons. The zero-order chi connectivity index (χ0) is 23.1. The molecule has 4 fully saturated rings. The topological polar surface area (TPSA) is 141 Å². The molecule has 3 saturated carbocycles. The fourth-order valence-corrected chi connectivity index (χ4v) is 5.12. The second-order valence-corrected chi connectivity index (χ2v) is 9.01. The van der Waals surface area contributed by atoms with Crippen LogP contribution in [0.15, 0.2) is 18.5 Å². The number of hydrogen-bond donors (Lipinski definition) is 3. The standard InChI is InChI=1S/C19H21F3N4O6/c1-16(11-3-2-9-14(23)24-8-25-26(9)11)13(28)12(27)10(31-16)4-30-15(29)32-18-5-17(6-18,7-18)19(20,21)22/h2-3,8,10,12-13,27-28H,4-7H2,1H3,(H2,23,24,25)/t10-,12-,13-,16+,17?,18?/m1/s1. The Kier molecular flexibility index (Phi) is 4.28. The molecule has 0 unspecified atom stereocenters. The average molecular weight is 458 g/mol. The Morgan fingerprint density at radius 1 is 1.34 bits per heavy atom. The van der Waals surface area contributed by atoms with E-state index in [-0.39, 0.29) is 25.1 Å². The molecule has 0 aromatic carbocycles. The van der Waals surface area contributed by atoms with E-state index < -0.39 is 53.9 Å². The Bertz CT molecular complexity index is 1070. The number of aromatic nitrogens is 3. The van der Waals surface area contributed by atoms with Gasteiger partial charge in [0.15, 0.2) is 5.82 Å². The zero-order valence-corrected chi connectivity index (χ0v) is 16.9. The Morgan fingerprint density at radius 3 is 2.69 bits per heavy atom. The fraction of sp³-hybridized carbons (Fsp3) is 0.632. The number of rotatable bonds is 4. The molecule has 1 aliphatic heterocycles. The van der Waals surface area contributed by atoms with Gasteiger partial charge in [-0.25, -0.2) is 14.3 Å². The molecule has 6 rings (SSSR count). The first-order valence-corrected chi connectivity index (χ1v) is 9.95. The lowest BCUT2D eigenvalue weighted by Gasteiger charge is -2.68. The summed E-state index contributed by atoms with van der Waals surface area (Å²) in [7, 11) is 0. The van der Waals surface area contributed by atoms with E-state index in [9.17, 15) is 28.2 Å². The number of anilines is 1. The molecule has 0 spiro atoms. The first-order valence-electron chi connectivity index (χ1n) is 9.95. The van der Waals surface area contributed by atoms with Crippen LogP contribution in [0.4, 0.5) is 23.8 Å². The summed E-state index contributed by atoms with van der Waals surface area (Å²) >= 11 is 0. The van der Waals surface area contributed by atoms with Gasteiger partial charge in [0.05, 0.1) is 11.1 Å². The normalized spacial score (nSPS) is 38.2. The summed E-state index contributed by atoms with van der Waals surface area (Å²) in [5.41, 5.74) is 2.39. The summed E-state index contributed by atoms with van der Waals surface area (Å²) in [5, 5.41) is 25.2. The first-order chi connectivity index (χ1) is 14.9. The minimum atomic E-state index is -4.32. The van der Waals surface area contributed by atoms with Crippen molar-refractivity contribution in [3.05, 3.63) is 24.2 Å². The van der Waals surface area contributed by atoms with Gasteiger partial charge in [0.1, 0.15) is 48.0 Å². The van der Waals surface area contributed by atoms with Crippen molar-refractivity contribution >= 4 is 17.5 Å². The van der Waals surface area contributed by atoms with Crippen LogP contribution < -0.4 is 5.73 Å². The van der Waals surface area contributed by atoms with Gasteiger partial charge in [-0.3, -0.25) is 0 Å². The monoisotopic (exact) mass is 458 g/mol. The zero-order valence-electron chi connectivity index (χ0n) is 16.9. The summed E-state index contributed by atoms with van der Waals surface area (Å²) in [4.78, 5) is 15.9. The van der Waals surface area contributed by atoms with Crippen molar-refractivity contribution in [3.8, 4) is 0 Å². The van der Waals surface area contributed by atoms with Gasteiger partial charge >= 0.3 is 12.3 Å². The molecule has 2 aromatic rings. The SMILES string of the molecule is C[C@@]1(c2ccc3c(N)ncnn23)O[C@H](COC(=O)OC23CC(C(F)(F)F)(C2)C3)[C@@H](O)[C@H]1O. The number of carbonyl (C=O) groups is 1. The van der Waals surface area contributed by atoms with Gasteiger partial charge in [-0.1, -0.05) is 0 Å².